The highest BCUT2D eigenvalue weighted by molar-refractivity contribution is 6.05. The number of carbonyl (C=O) groups is 2. The van der Waals surface area contributed by atoms with Gasteiger partial charge in [-0.05, 0) is 58.4 Å². The number of anilines is 1. The number of carbonyl (C=O) groups excluding carboxylic acids is 1. The zero-order valence-electron chi connectivity index (χ0n) is 16.5. The van der Waals surface area contributed by atoms with Gasteiger partial charge in [-0.3, -0.25) is 14.2 Å². The highest BCUT2D eigenvalue weighted by atomic mass is 16.5. The molecule has 3 aromatic rings. The van der Waals surface area contributed by atoms with Crippen molar-refractivity contribution in [2.45, 2.75) is 40.0 Å². The van der Waals surface area contributed by atoms with Crippen LogP contribution in [0.15, 0.2) is 40.9 Å². The predicted octanol–water partition coefficient (Wildman–Crippen LogP) is 4.01. The van der Waals surface area contributed by atoms with E-state index >= 15 is 0 Å². The Hall–Kier alpha value is -3.35. The fourth-order valence-corrected chi connectivity index (χ4v) is 3.10. The summed E-state index contributed by atoms with van der Waals surface area (Å²) >= 11 is 0. The number of benzene rings is 1. The predicted molar refractivity (Wildman–Crippen MR) is 105 cm³/mol. The van der Waals surface area contributed by atoms with Crippen molar-refractivity contribution in [3.05, 3.63) is 64.7 Å². The SMILES string of the molecule is Cc1cc(-n2c(C)cc(C(=O)Nc3ccc(C(C)(C)C(=O)O)cc3)c2C)no1. The molecule has 7 nitrogen and oxygen atoms in total. The lowest BCUT2D eigenvalue weighted by molar-refractivity contribution is -0.142. The number of aromatic nitrogens is 2. The second kappa shape index (κ2) is 6.99. The van der Waals surface area contributed by atoms with E-state index < -0.39 is 11.4 Å². The molecule has 146 valence electrons. The summed E-state index contributed by atoms with van der Waals surface area (Å²) in [6, 6.07) is 10.5. The molecule has 7 heteroatoms. The molecule has 0 saturated carbocycles. The van der Waals surface area contributed by atoms with E-state index in [1.807, 2.05) is 31.4 Å². The quantitative estimate of drug-likeness (QED) is 0.696. The van der Waals surface area contributed by atoms with Crippen LogP contribution < -0.4 is 5.32 Å². The molecule has 1 amide bonds. The standard InChI is InChI=1S/C21H23N3O4/c1-12-10-17(14(3)24(12)18-11-13(2)28-23-18)19(25)22-16-8-6-15(7-9-16)21(4,5)20(26)27/h6-11H,1-5H3,(H,22,25)(H,26,27). The zero-order chi connectivity index (χ0) is 20.6. The van der Waals surface area contributed by atoms with Crippen molar-refractivity contribution >= 4 is 17.6 Å². The molecule has 0 unspecified atom stereocenters. The largest absolute Gasteiger partial charge is 0.481 e. The third-order valence-electron chi connectivity index (χ3n) is 4.92. The van der Waals surface area contributed by atoms with E-state index in [1.165, 1.54) is 0 Å². The third kappa shape index (κ3) is 3.43. The lowest BCUT2D eigenvalue weighted by atomic mass is 9.85. The number of hydrogen-bond acceptors (Lipinski definition) is 4. The number of aliphatic carboxylic acids is 1. The topological polar surface area (TPSA) is 97.4 Å². The number of nitrogens with zero attached hydrogens (tertiary/aromatic N) is 2. The van der Waals surface area contributed by atoms with E-state index in [1.54, 1.807) is 44.2 Å². The van der Waals surface area contributed by atoms with Crippen LogP contribution in [-0.2, 0) is 10.2 Å². The van der Waals surface area contributed by atoms with Crippen molar-refractivity contribution in [1.29, 1.82) is 0 Å². The van der Waals surface area contributed by atoms with Gasteiger partial charge in [0.1, 0.15) is 5.76 Å². The van der Waals surface area contributed by atoms with Gasteiger partial charge in [0.15, 0.2) is 5.82 Å². The van der Waals surface area contributed by atoms with E-state index in [0.29, 0.717) is 28.4 Å². The van der Waals surface area contributed by atoms with E-state index in [4.69, 9.17) is 4.52 Å². The molecule has 0 saturated heterocycles. The normalized spacial score (nSPS) is 11.5. The van der Waals surface area contributed by atoms with Gasteiger partial charge < -0.3 is 14.9 Å². The maximum Gasteiger partial charge on any atom is 0.313 e. The Morgan fingerprint density at radius 3 is 2.29 bits per heavy atom. The maximum atomic E-state index is 12.8. The summed E-state index contributed by atoms with van der Waals surface area (Å²) in [7, 11) is 0. The van der Waals surface area contributed by atoms with Crippen molar-refractivity contribution in [1.82, 2.24) is 9.72 Å². The van der Waals surface area contributed by atoms with Crippen LogP contribution in [0.2, 0.25) is 0 Å². The minimum Gasteiger partial charge on any atom is -0.481 e. The molecule has 2 aromatic heterocycles. The number of carboxylic acid groups (broad SMARTS) is 1. The monoisotopic (exact) mass is 381 g/mol. The molecule has 28 heavy (non-hydrogen) atoms. The van der Waals surface area contributed by atoms with Crippen molar-refractivity contribution in [3.63, 3.8) is 0 Å². The van der Waals surface area contributed by atoms with Crippen LogP contribution in [0.5, 0.6) is 0 Å². The van der Waals surface area contributed by atoms with Crippen molar-refractivity contribution in [3.8, 4) is 5.82 Å². The van der Waals surface area contributed by atoms with Gasteiger partial charge in [0.05, 0.1) is 11.0 Å². The molecular weight excluding hydrogens is 358 g/mol. The van der Waals surface area contributed by atoms with Crippen LogP contribution in [0.1, 0.15) is 46.9 Å². The number of nitrogens with one attached hydrogen (secondary N) is 1. The summed E-state index contributed by atoms with van der Waals surface area (Å²) in [5.41, 5.74) is 2.42. The first-order chi connectivity index (χ1) is 13.1. The molecule has 2 N–H and O–H groups in total. The average molecular weight is 381 g/mol. The summed E-state index contributed by atoms with van der Waals surface area (Å²) < 4.78 is 7.00. The van der Waals surface area contributed by atoms with Gasteiger partial charge in [-0.25, -0.2) is 0 Å². The number of hydrogen-bond donors (Lipinski definition) is 2. The molecule has 0 spiro atoms. The highest BCUT2D eigenvalue weighted by Gasteiger charge is 2.29. The molecule has 0 aliphatic rings. The van der Waals surface area contributed by atoms with Gasteiger partial charge in [0.2, 0.25) is 0 Å². The second-order valence-corrected chi connectivity index (χ2v) is 7.38. The Morgan fingerprint density at radius 1 is 1.11 bits per heavy atom. The van der Waals surface area contributed by atoms with Gasteiger partial charge in [-0.1, -0.05) is 17.3 Å². The van der Waals surface area contributed by atoms with Crippen LogP contribution in [0.4, 0.5) is 5.69 Å². The number of carboxylic acids is 1. The minimum absolute atomic E-state index is 0.246. The van der Waals surface area contributed by atoms with Gasteiger partial charge in [-0.2, -0.15) is 0 Å². The molecular formula is C21H23N3O4. The Bertz CT molecular complexity index is 1040. The Balaban J connectivity index is 1.83. The van der Waals surface area contributed by atoms with Gasteiger partial charge in [-0.15, -0.1) is 0 Å². The molecule has 1 aromatic carbocycles. The lowest BCUT2D eigenvalue weighted by Crippen LogP contribution is -2.28. The second-order valence-electron chi connectivity index (χ2n) is 7.38. The smallest absolute Gasteiger partial charge is 0.313 e. The first kappa shape index (κ1) is 19.4. The number of rotatable bonds is 5. The summed E-state index contributed by atoms with van der Waals surface area (Å²) in [6.45, 7) is 8.85. The molecule has 0 aliphatic heterocycles. The van der Waals surface area contributed by atoms with Crippen LogP contribution in [0.25, 0.3) is 5.82 Å². The maximum absolute atomic E-state index is 12.8. The highest BCUT2D eigenvalue weighted by Crippen LogP contribution is 2.26. The van der Waals surface area contributed by atoms with Crippen LogP contribution in [0, 0.1) is 20.8 Å². The van der Waals surface area contributed by atoms with Gasteiger partial charge in [0, 0.05) is 23.1 Å². The average Bonchev–Trinajstić information content (AvgIpc) is 3.17. The number of aryl methyl sites for hydroxylation is 2. The number of amides is 1. The van der Waals surface area contributed by atoms with Crippen molar-refractivity contribution in [2.75, 3.05) is 5.32 Å². The van der Waals surface area contributed by atoms with E-state index in [0.717, 1.165) is 11.4 Å². The molecule has 0 atom stereocenters. The summed E-state index contributed by atoms with van der Waals surface area (Å²) in [4.78, 5) is 24.1. The molecule has 3 rings (SSSR count). The third-order valence-corrected chi connectivity index (χ3v) is 4.92. The fourth-order valence-electron chi connectivity index (χ4n) is 3.10. The van der Waals surface area contributed by atoms with Crippen LogP contribution in [0.3, 0.4) is 0 Å². The van der Waals surface area contributed by atoms with E-state index in [9.17, 15) is 14.7 Å². The summed E-state index contributed by atoms with van der Waals surface area (Å²) in [5.74, 6) is 0.175. The van der Waals surface area contributed by atoms with Crippen LogP contribution >= 0.6 is 0 Å². The fraction of sp³-hybridized carbons (Fsp3) is 0.286. The van der Waals surface area contributed by atoms with Gasteiger partial charge >= 0.3 is 5.97 Å². The minimum atomic E-state index is -0.997. The van der Waals surface area contributed by atoms with E-state index in [-0.39, 0.29) is 5.91 Å². The molecule has 2 heterocycles. The van der Waals surface area contributed by atoms with Crippen LogP contribution in [-0.4, -0.2) is 26.7 Å². The zero-order valence-corrected chi connectivity index (χ0v) is 16.5. The Morgan fingerprint density at radius 2 is 1.75 bits per heavy atom. The molecule has 0 aliphatic carbocycles. The summed E-state index contributed by atoms with van der Waals surface area (Å²) in [5, 5.41) is 16.2. The van der Waals surface area contributed by atoms with Gasteiger partial charge in [0.25, 0.3) is 5.91 Å². The first-order valence-electron chi connectivity index (χ1n) is 8.89. The molecule has 0 radical (unpaired) electrons. The summed E-state index contributed by atoms with van der Waals surface area (Å²) in [6.07, 6.45) is 0. The van der Waals surface area contributed by atoms with Crippen molar-refractivity contribution < 1.29 is 19.2 Å². The van der Waals surface area contributed by atoms with Crippen molar-refractivity contribution in [2.24, 2.45) is 0 Å². The lowest BCUT2D eigenvalue weighted by Gasteiger charge is -2.19. The Kier molecular flexibility index (Phi) is 4.85. The first-order valence-corrected chi connectivity index (χ1v) is 8.89. The Labute approximate surface area is 163 Å². The molecule has 0 fully saturated rings. The molecule has 0 bridgehead atoms. The van der Waals surface area contributed by atoms with E-state index in [2.05, 4.69) is 10.5 Å².